The highest BCUT2D eigenvalue weighted by Gasteiger charge is 2.66. The van der Waals surface area contributed by atoms with E-state index in [0.717, 1.165) is 40.5 Å². The molecule has 2 aromatic rings. The molecule has 5 rings (SSSR count). The zero-order valence-corrected chi connectivity index (χ0v) is 11.3. The van der Waals surface area contributed by atoms with Gasteiger partial charge in [0.1, 0.15) is 0 Å². The van der Waals surface area contributed by atoms with Crippen molar-refractivity contribution in [2.75, 3.05) is 5.73 Å². The van der Waals surface area contributed by atoms with E-state index in [1.165, 1.54) is 19.3 Å². The molecule has 0 spiro atoms. The lowest BCUT2D eigenvalue weighted by atomic mass is 9.96. The van der Waals surface area contributed by atoms with Crippen molar-refractivity contribution in [3.8, 4) is 11.1 Å². The maximum Gasteiger partial charge on any atom is 0.230 e. The summed E-state index contributed by atoms with van der Waals surface area (Å²) in [4.78, 5) is 0. The van der Waals surface area contributed by atoms with E-state index in [0.29, 0.717) is 11.8 Å². The number of nitrogen functional groups attached to an aromatic ring is 1. The molecular formula is C17H18N2O. The number of nitrogens with zero attached hydrogens (tertiary/aromatic N) is 1. The van der Waals surface area contributed by atoms with Crippen molar-refractivity contribution in [1.82, 2.24) is 5.16 Å². The SMILES string of the molecule is Nc1onc(C2C3C4CCC(C4)C23)c1-c1ccccc1. The highest BCUT2D eigenvalue weighted by Crippen LogP contribution is 2.73. The number of nitrogens with two attached hydrogens (primary N) is 1. The van der Waals surface area contributed by atoms with Crippen LogP contribution in [0.25, 0.3) is 11.1 Å². The van der Waals surface area contributed by atoms with Gasteiger partial charge in [0.05, 0.1) is 11.3 Å². The lowest BCUT2D eigenvalue weighted by Gasteiger charge is -2.08. The van der Waals surface area contributed by atoms with Crippen molar-refractivity contribution in [3.63, 3.8) is 0 Å². The summed E-state index contributed by atoms with van der Waals surface area (Å²) in [5, 5.41) is 4.33. The molecule has 3 aliphatic carbocycles. The number of anilines is 1. The fourth-order valence-corrected chi connectivity index (χ4v) is 5.13. The van der Waals surface area contributed by atoms with Crippen molar-refractivity contribution >= 4 is 5.88 Å². The summed E-state index contributed by atoms with van der Waals surface area (Å²) in [5.74, 6) is 4.69. The molecule has 3 heteroatoms. The molecule has 0 aliphatic heterocycles. The summed E-state index contributed by atoms with van der Waals surface area (Å²) in [5.41, 5.74) is 9.35. The topological polar surface area (TPSA) is 52.0 Å². The van der Waals surface area contributed by atoms with Crippen molar-refractivity contribution in [1.29, 1.82) is 0 Å². The number of benzene rings is 1. The zero-order valence-electron chi connectivity index (χ0n) is 11.3. The van der Waals surface area contributed by atoms with E-state index in [1.54, 1.807) is 0 Å². The van der Waals surface area contributed by atoms with Crippen LogP contribution in [0.1, 0.15) is 30.9 Å². The molecule has 0 amide bonds. The Morgan fingerprint density at radius 3 is 2.45 bits per heavy atom. The van der Waals surface area contributed by atoms with Crippen molar-refractivity contribution < 1.29 is 4.52 Å². The fourth-order valence-electron chi connectivity index (χ4n) is 5.13. The predicted molar refractivity (Wildman–Crippen MR) is 76.9 cm³/mol. The normalized spacial score (nSPS) is 37.1. The van der Waals surface area contributed by atoms with Crippen LogP contribution in [0.2, 0.25) is 0 Å². The molecule has 1 aromatic carbocycles. The highest BCUT2D eigenvalue weighted by atomic mass is 16.5. The Labute approximate surface area is 118 Å². The minimum atomic E-state index is 0.475. The lowest BCUT2D eigenvalue weighted by Crippen LogP contribution is -1.99. The number of rotatable bonds is 2. The van der Waals surface area contributed by atoms with Crippen molar-refractivity contribution in [2.45, 2.75) is 25.2 Å². The molecule has 3 fully saturated rings. The van der Waals surface area contributed by atoms with Gasteiger partial charge in [0, 0.05) is 5.92 Å². The maximum absolute atomic E-state index is 6.05. The average molecular weight is 266 g/mol. The van der Waals surface area contributed by atoms with Gasteiger partial charge in [0.25, 0.3) is 0 Å². The molecular weight excluding hydrogens is 248 g/mol. The van der Waals surface area contributed by atoms with E-state index < -0.39 is 0 Å². The van der Waals surface area contributed by atoms with Gasteiger partial charge in [-0.05, 0) is 48.5 Å². The summed E-state index contributed by atoms with van der Waals surface area (Å²) in [6.07, 6.45) is 4.31. The van der Waals surface area contributed by atoms with Gasteiger partial charge in [-0.1, -0.05) is 35.5 Å². The summed E-state index contributed by atoms with van der Waals surface area (Å²) in [6.45, 7) is 0. The fraction of sp³-hybridized carbons (Fsp3) is 0.471. The largest absolute Gasteiger partial charge is 0.367 e. The second-order valence-electron chi connectivity index (χ2n) is 6.69. The van der Waals surface area contributed by atoms with E-state index in [2.05, 4.69) is 17.3 Å². The van der Waals surface area contributed by atoms with E-state index in [9.17, 15) is 0 Å². The van der Waals surface area contributed by atoms with Crippen molar-refractivity contribution in [2.24, 2.45) is 23.7 Å². The smallest absolute Gasteiger partial charge is 0.230 e. The van der Waals surface area contributed by atoms with Crippen LogP contribution in [0.5, 0.6) is 0 Å². The molecule has 1 aromatic heterocycles. The van der Waals surface area contributed by atoms with Gasteiger partial charge in [-0.3, -0.25) is 0 Å². The maximum atomic E-state index is 6.05. The third-order valence-electron chi connectivity index (χ3n) is 5.86. The van der Waals surface area contributed by atoms with Crippen LogP contribution < -0.4 is 5.73 Å². The van der Waals surface area contributed by atoms with Gasteiger partial charge >= 0.3 is 0 Å². The summed E-state index contributed by atoms with van der Waals surface area (Å²) >= 11 is 0. The molecule has 20 heavy (non-hydrogen) atoms. The average Bonchev–Trinajstić information content (AvgIpc) is 2.80. The van der Waals surface area contributed by atoms with E-state index in [-0.39, 0.29) is 0 Å². The van der Waals surface area contributed by atoms with Crippen LogP contribution in [0.3, 0.4) is 0 Å². The summed E-state index contributed by atoms with van der Waals surface area (Å²) in [6, 6.07) is 10.3. The molecule has 102 valence electrons. The Kier molecular flexibility index (Phi) is 2.00. The molecule has 1 heterocycles. The second kappa shape index (κ2) is 3.66. The first kappa shape index (κ1) is 11.0. The molecule has 2 bridgehead atoms. The third kappa shape index (κ3) is 1.28. The molecule has 3 saturated carbocycles. The number of hydrogen-bond acceptors (Lipinski definition) is 3. The first-order valence-electron chi connectivity index (χ1n) is 7.65. The number of fused-ring (bicyclic) bond motifs is 5. The third-order valence-corrected chi connectivity index (χ3v) is 5.86. The molecule has 0 saturated heterocycles. The highest BCUT2D eigenvalue weighted by molar-refractivity contribution is 5.76. The van der Waals surface area contributed by atoms with Crippen LogP contribution in [-0.2, 0) is 0 Å². The van der Waals surface area contributed by atoms with Gasteiger partial charge in [-0.2, -0.15) is 0 Å². The molecule has 3 aliphatic rings. The minimum Gasteiger partial charge on any atom is -0.367 e. The monoisotopic (exact) mass is 266 g/mol. The molecule has 4 atom stereocenters. The Morgan fingerprint density at radius 1 is 1.05 bits per heavy atom. The van der Waals surface area contributed by atoms with Crippen LogP contribution in [0, 0.1) is 23.7 Å². The van der Waals surface area contributed by atoms with Crippen LogP contribution >= 0.6 is 0 Å². The van der Waals surface area contributed by atoms with E-state index >= 15 is 0 Å². The Hall–Kier alpha value is -1.77. The van der Waals surface area contributed by atoms with Gasteiger partial charge in [-0.15, -0.1) is 0 Å². The van der Waals surface area contributed by atoms with Gasteiger partial charge in [0.15, 0.2) is 0 Å². The number of aromatic nitrogens is 1. The standard InChI is InChI=1S/C17H18N2O/c18-17-14(9-4-2-1-3-5-9)16(19-20-17)15-12-10-6-7-11(8-10)13(12)15/h1-5,10-13,15H,6-8,18H2. The minimum absolute atomic E-state index is 0.475. The first-order chi connectivity index (χ1) is 9.84. The Bertz CT molecular complexity index is 647. The molecule has 0 radical (unpaired) electrons. The van der Waals surface area contributed by atoms with E-state index in [1.807, 2.05) is 18.2 Å². The second-order valence-corrected chi connectivity index (χ2v) is 6.69. The van der Waals surface area contributed by atoms with Gasteiger partial charge < -0.3 is 10.3 Å². The lowest BCUT2D eigenvalue weighted by molar-refractivity contribution is 0.417. The Balaban J connectivity index is 1.58. The van der Waals surface area contributed by atoms with Crippen LogP contribution in [0.15, 0.2) is 34.9 Å². The molecule has 4 unspecified atom stereocenters. The van der Waals surface area contributed by atoms with Gasteiger partial charge in [-0.25, -0.2) is 0 Å². The van der Waals surface area contributed by atoms with E-state index in [4.69, 9.17) is 10.3 Å². The van der Waals surface area contributed by atoms with Crippen LogP contribution in [0.4, 0.5) is 5.88 Å². The number of hydrogen-bond donors (Lipinski definition) is 1. The first-order valence-corrected chi connectivity index (χ1v) is 7.65. The van der Waals surface area contributed by atoms with Crippen molar-refractivity contribution in [3.05, 3.63) is 36.0 Å². The summed E-state index contributed by atoms with van der Waals surface area (Å²) < 4.78 is 5.34. The van der Waals surface area contributed by atoms with Gasteiger partial charge in [0.2, 0.25) is 5.88 Å². The quantitative estimate of drug-likeness (QED) is 0.902. The predicted octanol–water partition coefficient (Wildman–Crippen LogP) is 3.68. The zero-order chi connectivity index (χ0) is 13.3. The molecule has 3 nitrogen and oxygen atoms in total. The Morgan fingerprint density at radius 2 is 1.75 bits per heavy atom. The van der Waals surface area contributed by atoms with Crippen LogP contribution in [-0.4, -0.2) is 5.16 Å². The molecule has 2 N–H and O–H groups in total. The summed E-state index contributed by atoms with van der Waals surface area (Å²) in [7, 11) is 0.